The third-order valence-electron chi connectivity index (χ3n) is 4.65. The minimum atomic E-state index is -0.418. The summed E-state index contributed by atoms with van der Waals surface area (Å²) in [6.45, 7) is 1.91. The molecule has 0 N–H and O–H groups in total. The molecule has 0 radical (unpaired) electrons. The molecule has 0 spiro atoms. The monoisotopic (exact) mass is 340 g/mol. The number of hydrogen-bond donors (Lipinski definition) is 0. The van der Waals surface area contributed by atoms with Gasteiger partial charge in [0.1, 0.15) is 12.4 Å². The van der Waals surface area contributed by atoms with Crippen LogP contribution >= 0.6 is 0 Å². The summed E-state index contributed by atoms with van der Waals surface area (Å²) in [6, 6.07) is 11.5. The molecule has 1 saturated heterocycles. The van der Waals surface area contributed by atoms with Gasteiger partial charge in [-0.3, -0.25) is 9.69 Å². The van der Waals surface area contributed by atoms with E-state index in [0.717, 1.165) is 16.8 Å². The van der Waals surface area contributed by atoms with Gasteiger partial charge in [-0.25, -0.2) is 9.18 Å². The van der Waals surface area contributed by atoms with Gasteiger partial charge in [0.25, 0.3) is 5.91 Å². The van der Waals surface area contributed by atoms with Gasteiger partial charge in [-0.05, 0) is 41.8 Å². The number of amides is 2. The van der Waals surface area contributed by atoms with Crippen molar-refractivity contribution in [2.75, 3.05) is 24.6 Å². The van der Waals surface area contributed by atoms with Crippen LogP contribution in [0.5, 0.6) is 0 Å². The van der Waals surface area contributed by atoms with Gasteiger partial charge in [0.2, 0.25) is 0 Å². The molecular weight excluding hydrogens is 323 g/mol. The number of rotatable bonds is 2. The van der Waals surface area contributed by atoms with Crippen molar-refractivity contribution in [1.29, 1.82) is 0 Å². The number of hydrogen-bond acceptors (Lipinski definition) is 3. The second-order valence-corrected chi connectivity index (χ2v) is 6.17. The maximum absolute atomic E-state index is 13.4. The summed E-state index contributed by atoms with van der Waals surface area (Å²) in [5.41, 5.74) is 3.29. The summed E-state index contributed by atoms with van der Waals surface area (Å²) < 4.78 is 18.4. The molecule has 0 aliphatic carbocycles. The first kappa shape index (κ1) is 15.6. The Balaban J connectivity index is 1.60. The van der Waals surface area contributed by atoms with Crippen LogP contribution in [-0.4, -0.2) is 36.6 Å². The lowest BCUT2D eigenvalue weighted by atomic mass is 9.96. The highest BCUT2D eigenvalue weighted by Crippen LogP contribution is 2.31. The van der Waals surface area contributed by atoms with Crippen molar-refractivity contribution in [1.82, 2.24) is 4.90 Å². The van der Waals surface area contributed by atoms with Crippen LogP contribution in [0.1, 0.15) is 21.5 Å². The number of carbonyl (C=O) groups is 2. The molecule has 6 heteroatoms. The molecule has 128 valence electrons. The third kappa shape index (κ3) is 2.84. The Labute approximate surface area is 144 Å². The first-order chi connectivity index (χ1) is 12.1. The highest BCUT2D eigenvalue weighted by molar-refractivity contribution is 5.94. The number of carbonyl (C=O) groups excluding carboxylic acids is 2. The Kier molecular flexibility index (Phi) is 3.87. The largest absolute Gasteiger partial charge is 0.447 e. The van der Waals surface area contributed by atoms with Gasteiger partial charge >= 0.3 is 6.09 Å². The lowest BCUT2D eigenvalue weighted by Crippen LogP contribution is -2.37. The van der Waals surface area contributed by atoms with Crippen molar-refractivity contribution in [2.45, 2.75) is 13.0 Å². The summed E-state index contributed by atoms with van der Waals surface area (Å²) in [7, 11) is 0. The second kappa shape index (κ2) is 6.20. The summed E-state index contributed by atoms with van der Waals surface area (Å²) in [6.07, 6.45) is 0.322. The van der Waals surface area contributed by atoms with E-state index < -0.39 is 5.82 Å². The van der Waals surface area contributed by atoms with E-state index in [-0.39, 0.29) is 12.0 Å². The summed E-state index contributed by atoms with van der Waals surface area (Å²) in [5.74, 6) is -0.603. The molecule has 4 rings (SSSR count). The average molecular weight is 340 g/mol. The van der Waals surface area contributed by atoms with Gasteiger partial charge in [0.15, 0.2) is 0 Å². The van der Waals surface area contributed by atoms with Crippen molar-refractivity contribution in [3.8, 4) is 0 Å². The fourth-order valence-electron chi connectivity index (χ4n) is 3.43. The average Bonchev–Trinajstić information content (AvgIpc) is 3.06. The lowest BCUT2D eigenvalue weighted by molar-refractivity contribution is 0.0734. The maximum atomic E-state index is 13.4. The Morgan fingerprint density at radius 2 is 1.96 bits per heavy atom. The molecule has 5 nitrogen and oxygen atoms in total. The number of fused-ring (bicyclic) bond motifs is 1. The van der Waals surface area contributed by atoms with Gasteiger partial charge in [0.05, 0.1) is 12.2 Å². The molecule has 0 saturated carbocycles. The van der Waals surface area contributed by atoms with Gasteiger partial charge in [-0.2, -0.15) is 0 Å². The van der Waals surface area contributed by atoms with Crippen LogP contribution < -0.4 is 4.90 Å². The van der Waals surface area contributed by atoms with Crippen LogP contribution in [0.25, 0.3) is 0 Å². The van der Waals surface area contributed by atoms with Crippen LogP contribution in [-0.2, 0) is 17.7 Å². The molecule has 0 aromatic heterocycles. The molecule has 2 aromatic rings. The number of nitrogens with zero attached hydrogens (tertiary/aromatic N) is 2. The number of halogens is 1. The Morgan fingerprint density at radius 1 is 1.12 bits per heavy atom. The van der Waals surface area contributed by atoms with E-state index in [1.165, 1.54) is 18.2 Å². The lowest BCUT2D eigenvalue weighted by Gasteiger charge is -2.31. The molecule has 2 aliphatic rings. The van der Waals surface area contributed by atoms with Crippen LogP contribution in [0.4, 0.5) is 14.9 Å². The Hall–Kier alpha value is -2.89. The van der Waals surface area contributed by atoms with E-state index in [1.807, 2.05) is 18.2 Å². The van der Waals surface area contributed by atoms with E-state index in [4.69, 9.17) is 4.74 Å². The normalized spacial score (nSPS) is 16.6. The minimum Gasteiger partial charge on any atom is -0.447 e. The second-order valence-electron chi connectivity index (χ2n) is 6.17. The van der Waals surface area contributed by atoms with Crippen LogP contribution in [0.3, 0.4) is 0 Å². The molecule has 0 bridgehead atoms. The SMILES string of the molecule is O=C(c1cccc(F)c1)N1CCc2c(cccc2N2CCOC2=O)C1. The molecule has 1 fully saturated rings. The molecule has 2 aliphatic heterocycles. The summed E-state index contributed by atoms with van der Waals surface area (Å²) >= 11 is 0. The first-order valence-electron chi connectivity index (χ1n) is 8.23. The molecule has 2 aromatic carbocycles. The van der Waals surface area contributed by atoms with E-state index in [0.29, 0.717) is 38.2 Å². The van der Waals surface area contributed by atoms with Crippen molar-refractivity contribution >= 4 is 17.7 Å². The van der Waals surface area contributed by atoms with Gasteiger partial charge < -0.3 is 9.64 Å². The fraction of sp³-hybridized carbons (Fsp3) is 0.263. The smallest absolute Gasteiger partial charge is 0.414 e. The number of benzene rings is 2. The van der Waals surface area contributed by atoms with Gasteiger partial charge in [-0.15, -0.1) is 0 Å². The summed E-state index contributed by atoms with van der Waals surface area (Å²) in [4.78, 5) is 27.8. The topological polar surface area (TPSA) is 49.9 Å². The van der Waals surface area contributed by atoms with Crippen molar-refractivity contribution in [3.05, 3.63) is 65.0 Å². The van der Waals surface area contributed by atoms with Crippen molar-refractivity contribution < 1.29 is 18.7 Å². The number of cyclic esters (lactones) is 1. The molecule has 0 unspecified atom stereocenters. The third-order valence-corrected chi connectivity index (χ3v) is 4.65. The quantitative estimate of drug-likeness (QED) is 0.844. The zero-order valence-corrected chi connectivity index (χ0v) is 13.6. The molecule has 0 atom stereocenters. The maximum Gasteiger partial charge on any atom is 0.414 e. The van der Waals surface area contributed by atoms with Crippen LogP contribution in [0, 0.1) is 5.82 Å². The van der Waals surface area contributed by atoms with Crippen molar-refractivity contribution in [2.24, 2.45) is 0 Å². The predicted octanol–water partition coefficient (Wildman–Crippen LogP) is 2.98. The Morgan fingerprint density at radius 3 is 2.72 bits per heavy atom. The van der Waals surface area contributed by atoms with E-state index in [2.05, 4.69) is 0 Å². The zero-order valence-electron chi connectivity index (χ0n) is 13.6. The molecule has 25 heavy (non-hydrogen) atoms. The fourth-order valence-corrected chi connectivity index (χ4v) is 3.43. The van der Waals surface area contributed by atoms with Crippen LogP contribution in [0.2, 0.25) is 0 Å². The number of anilines is 1. The minimum absolute atomic E-state index is 0.184. The first-order valence-corrected chi connectivity index (χ1v) is 8.23. The van der Waals surface area contributed by atoms with Crippen LogP contribution in [0.15, 0.2) is 42.5 Å². The van der Waals surface area contributed by atoms with Gasteiger partial charge in [-0.1, -0.05) is 18.2 Å². The highest BCUT2D eigenvalue weighted by Gasteiger charge is 2.29. The van der Waals surface area contributed by atoms with Crippen molar-refractivity contribution in [3.63, 3.8) is 0 Å². The zero-order chi connectivity index (χ0) is 17.4. The molecular formula is C19H17FN2O3. The highest BCUT2D eigenvalue weighted by atomic mass is 19.1. The van der Waals surface area contributed by atoms with E-state index in [1.54, 1.807) is 15.9 Å². The van der Waals surface area contributed by atoms with E-state index >= 15 is 0 Å². The van der Waals surface area contributed by atoms with Gasteiger partial charge in [0, 0.05) is 18.7 Å². The Bertz CT molecular complexity index is 852. The predicted molar refractivity (Wildman–Crippen MR) is 90.0 cm³/mol. The molecule has 2 amide bonds. The summed E-state index contributed by atoms with van der Waals surface area (Å²) in [5, 5.41) is 0. The number of ether oxygens (including phenoxy) is 1. The molecule has 2 heterocycles. The standard InChI is InChI=1S/C19H17FN2O3/c20-15-5-1-3-13(11-15)18(23)21-8-7-16-14(12-21)4-2-6-17(16)22-9-10-25-19(22)24/h1-6,11H,7-10,12H2. The van der Waals surface area contributed by atoms with E-state index in [9.17, 15) is 14.0 Å².